The van der Waals surface area contributed by atoms with E-state index in [4.69, 9.17) is 21.1 Å². The van der Waals surface area contributed by atoms with E-state index in [0.29, 0.717) is 18.7 Å². The minimum absolute atomic E-state index is 0.0480. The van der Waals surface area contributed by atoms with Gasteiger partial charge in [0.25, 0.3) is 11.8 Å². The van der Waals surface area contributed by atoms with Crippen molar-refractivity contribution in [3.8, 4) is 18.1 Å². The van der Waals surface area contributed by atoms with Gasteiger partial charge >= 0.3 is 11.9 Å². The number of thiol groups is 1. The van der Waals surface area contributed by atoms with E-state index in [9.17, 15) is 19.2 Å². The summed E-state index contributed by atoms with van der Waals surface area (Å²) in [5.41, 5.74) is 1.99. The van der Waals surface area contributed by atoms with E-state index < -0.39 is 36.3 Å². The van der Waals surface area contributed by atoms with Crippen LogP contribution in [0.5, 0.6) is 5.75 Å². The first kappa shape index (κ1) is 26.0. The Morgan fingerprint density at radius 2 is 2.03 bits per heavy atom. The Morgan fingerprint density at radius 3 is 2.58 bits per heavy atom. The molecule has 0 aliphatic rings. The third-order valence-corrected chi connectivity index (χ3v) is 4.24. The van der Waals surface area contributed by atoms with E-state index in [1.807, 2.05) is 0 Å². The monoisotopic (exact) mass is 451 g/mol. The summed E-state index contributed by atoms with van der Waals surface area (Å²) >= 11 is 4.10. The fraction of sp³-hybridized carbons (Fsp3) is 0.400. The number of esters is 2. The van der Waals surface area contributed by atoms with E-state index in [2.05, 4.69) is 23.9 Å². The van der Waals surface area contributed by atoms with Gasteiger partial charge in [-0.15, -0.1) is 6.42 Å². The number of ether oxygens (including phenoxy) is 2. The van der Waals surface area contributed by atoms with Gasteiger partial charge in [0.05, 0.1) is 18.7 Å². The third kappa shape index (κ3) is 7.93. The standard InChI is InChI=1S/C20H25N3O7S/c1-4-8-21-10-14-6-7-17(30-13(3)24)15(9-14)19(26)23(11-18(25)22-28)16(12-31)20(27)29-5-2/h1,6-7,9,16,21,28,31H,5,8,10-12H2,2-3H3,(H,22,25). The first-order chi connectivity index (χ1) is 14.8. The largest absolute Gasteiger partial charge is 0.464 e. The van der Waals surface area contributed by atoms with Crippen LogP contribution in [-0.4, -0.2) is 65.4 Å². The molecule has 0 spiro atoms. The van der Waals surface area contributed by atoms with E-state index in [0.717, 1.165) is 4.90 Å². The molecule has 0 bridgehead atoms. The zero-order valence-corrected chi connectivity index (χ0v) is 18.1. The molecule has 0 radical (unpaired) electrons. The topological polar surface area (TPSA) is 134 Å². The average Bonchev–Trinajstić information content (AvgIpc) is 2.73. The van der Waals surface area contributed by atoms with E-state index >= 15 is 0 Å². The van der Waals surface area contributed by atoms with Crippen LogP contribution in [0.2, 0.25) is 0 Å². The summed E-state index contributed by atoms with van der Waals surface area (Å²) in [6, 6.07) is 3.27. The van der Waals surface area contributed by atoms with Crippen LogP contribution in [0.25, 0.3) is 0 Å². The highest BCUT2D eigenvalue weighted by Gasteiger charge is 2.33. The summed E-state index contributed by atoms with van der Waals surface area (Å²) in [5.74, 6) is -0.979. The number of rotatable bonds is 11. The van der Waals surface area contributed by atoms with Gasteiger partial charge in [-0.25, -0.2) is 10.3 Å². The maximum Gasteiger partial charge on any atom is 0.329 e. The molecule has 0 heterocycles. The lowest BCUT2D eigenvalue weighted by Gasteiger charge is -2.29. The highest BCUT2D eigenvalue weighted by Crippen LogP contribution is 2.24. The van der Waals surface area contributed by atoms with Crippen LogP contribution in [0.1, 0.15) is 29.8 Å². The second-order valence-electron chi connectivity index (χ2n) is 6.15. The molecular weight excluding hydrogens is 426 g/mol. The van der Waals surface area contributed by atoms with Crippen LogP contribution >= 0.6 is 12.6 Å². The lowest BCUT2D eigenvalue weighted by molar-refractivity contribution is -0.148. The SMILES string of the molecule is C#CCNCc1ccc(OC(C)=O)c(C(=O)N(CC(=O)NO)C(CS)C(=O)OCC)c1. The van der Waals surface area contributed by atoms with Gasteiger partial charge in [0.1, 0.15) is 18.3 Å². The Morgan fingerprint density at radius 1 is 1.32 bits per heavy atom. The first-order valence-corrected chi connectivity index (χ1v) is 9.89. The first-order valence-electron chi connectivity index (χ1n) is 9.25. The van der Waals surface area contributed by atoms with Crippen molar-refractivity contribution >= 4 is 36.4 Å². The van der Waals surface area contributed by atoms with Crippen LogP contribution in [0.15, 0.2) is 18.2 Å². The number of hydroxylamine groups is 1. The molecule has 0 saturated heterocycles. The fourth-order valence-electron chi connectivity index (χ4n) is 2.58. The van der Waals surface area contributed by atoms with E-state index in [1.54, 1.807) is 13.0 Å². The number of terminal acetylenes is 1. The van der Waals surface area contributed by atoms with Crippen molar-refractivity contribution in [2.45, 2.75) is 26.4 Å². The Labute approximate surface area is 185 Å². The minimum Gasteiger partial charge on any atom is -0.464 e. The zero-order valence-electron chi connectivity index (χ0n) is 17.2. The van der Waals surface area contributed by atoms with Crippen LogP contribution in [0, 0.1) is 12.3 Å². The van der Waals surface area contributed by atoms with Gasteiger partial charge < -0.3 is 19.7 Å². The van der Waals surface area contributed by atoms with Crippen molar-refractivity contribution in [2.75, 3.05) is 25.4 Å². The molecule has 0 aliphatic carbocycles. The number of carbonyl (C=O) groups excluding carboxylic acids is 4. The summed E-state index contributed by atoms with van der Waals surface area (Å²) in [7, 11) is 0. The third-order valence-electron chi connectivity index (χ3n) is 3.89. The Hall–Kier alpha value is -3.07. The van der Waals surface area contributed by atoms with Crippen molar-refractivity contribution in [1.29, 1.82) is 0 Å². The van der Waals surface area contributed by atoms with E-state index in [-0.39, 0.29) is 23.7 Å². The molecule has 0 fully saturated rings. The lowest BCUT2D eigenvalue weighted by Crippen LogP contribution is -2.51. The maximum atomic E-state index is 13.4. The van der Waals surface area contributed by atoms with Gasteiger partial charge in [-0.1, -0.05) is 12.0 Å². The Bertz CT molecular complexity index is 854. The molecule has 31 heavy (non-hydrogen) atoms. The lowest BCUT2D eigenvalue weighted by atomic mass is 10.1. The van der Waals surface area contributed by atoms with Crippen molar-refractivity contribution in [3.05, 3.63) is 29.3 Å². The molecule has 168 valence electrons. The number of hydrogen-bond donors (Lipinski definition) is 4. The van der Waals surface area contributed by atoms with Gasteiger partial charge in [0.2, 0.25) is 0 Å². The summed E-state index contributed by atoms with van der Waals surface area (Å²) in [6.07, 6.45) is 5.21. The number of amides is 2. The van der Waals surface area contributed by atoms with Crippen molar-refractivity contribution < 1.29 is 33.9 Å². The van der Waals surface area contributed by atoms with Gasteiger partial charge in [0.15, 0.2) is 0 Å². The molecular formula is C20H25N3O7S. The minimum atomic E-state index is -1.23. The van der Waals surface area contributed by atoms with Gasteiger partial charge in [-0.3, -0.25) is 19.6 Å². The van der Waals surface area contributed by atoms with Gasteiger partial charge in [0, 0.05) is 19.2 Å². The number of nitrogens with zero attached hydrogens (tertiary/aromatic N) is 1. The molecule has 2 amide bonds. The number of hydrogen-bond acceptors (Lipinski definition) is 9. The molecule has 1 aromatic rings. The normalized spacial score (nSPS) is 11.1. The molecule has 1 aromatic carbocycles. The predicted octanol–water partition coefficient (Wildman–Crippen LogP) is 0.144. The summed E-state index contributed by atoms with van der Waals surface area (Å²) in [6.45, 7) is 2.75. The second-order valence-corrected chi connectivity index (χ2v) is 6.52. The predicted molar refractivity (Wildman–Crippen MR) is 114 cm³/mol. The summed E-state index contributed by atoms with van der Waals surface area (Å²) < 4.78 is 10.1. The van der Waals surface area contributed by atoms with Crippen molar-refractivity contribution in [3.63, 3.8) is 0 Å². The Kier molecular flexibility index (Phi) is 11.1. The second kappa shape index (κ2) is 13.3. The van der Waals surface area contributed by atoms with Crippen molar-refractivity contribution in [1.82, 2.24) is 15.7 Å². The number of benzene rings is 1. The smallest absolute Gasteiger partial charge is 0.329 e. The molecule has 0 aromatic heterocycles. The van der Waals surface area contributed by atoms with Gasteiger partial charge in [-0.2, -0.15) is 12.6 Å². The molecule has 0 aliphatic heterocycles. The highest BCUT2D eigenvalue weighted by atomic mass is 32.1. The van der Waals surface area contributed by atoms with Crippen LogP contribution in [0.3, 0.4) is 0 Å². The zero-order chi connectivity index (χ0) is 23.4. The molecule has 1 atom stereocenters. The molecule has 10 nitrogen and oxygen atoms in total. The Balaban J connectivity index is 3.43. The van der Waals surface area contributed by atoms with Crippen LogP contribution < -0.4 is 15.5 Å². The molecule has 3 N–H and O–H groups in total. The number of nitrogens with one attached hydrogen (secondary N) is 2. The average molecular weight is 452 g/mol. The maximum absolute atomic E-state index is 13.4. The van der Waals surface area contributed by atoms with Crippen molar-refractivity contribution in [2.24, 2.45) is 0 Å². The van der Waals surface area contributed by atoms with Crippen LogP contribution in [-0.2, 0) is 25.7 Å². The summed E-state index contributed by atoms with van der Waals surface area (Å²) in [4.78, 5) is 49.9. The number of carbonyl (C=O) groups is 4. The van der Waals surface area contributed by atoms with E-state index in [1.165, 1.54) is 24.5 Å². The molecule has 1 rings (SSSR count). The molecule has 11 heteroatoms. The van der Waals surface area contributed by atoms with Crippen LogP contribution in [0.4, 0.5) is 0 Å². The fourth-order valence-corrected chi connectivity index (χ4v) is 2.93. The molecule has 0 saturated carbocycles. The molecule has 1 unspecified atom stereocenters. The highest BCUT2D eigenvalue weighted by molar-refractivity contribution is 7.80. The quantitative estimate of drug-likeness (QED) is 0.0710. The summed E-state index contributed by atoms with van der Waals surface area (Å²) in [5, 5.41) is 11.9. The van der Waals surface area contributed by atoms with Gasteiger partial charge in [-0.05, 0) is 24.6 Å².